The van der Waals surface area contributed by atoms with E-state index in [-0.39, 0.29) is 0 Å². The van der Waals surface area contributed by atoms with Crippen molar-refractivity contribution >= 4 is 0 Å². The quantitative estimate of drug-likeness (QED) is 0.557. The summed E-state index contributed by atoms with van der Waals surface area (Å²) >= 11 is 0. The highest BCUT2D eigenvalue weighted by Gasteiger charge is 2.08. The lowest BCUT2D eigenvalue weighted by Crippen LogP contribution is -2.43. The second-order valence-corrected chi connectivity index (χ2v) is 2.87. The van der Waals surface area contributed by atoms with Crippen LogP contribution in [0.5, 0.6) is 0 Å². The normalized spacial score (nSPS) is 20.5. The van der Waals surface area contributed by atoms with Gasteiger partial charge in [0.15, 0.2) is 0 Å². The van der Waals surface area contributed by atoms with Gasteiger partial charge in [0.25, 0.3) is 0 Å². The zero-order valence-electron chi connectivity index (χ0n) is 7.34. The summed E-state index contributed by atoms with van der Waals surface area (Å²) in [7, 11) is 0. The Morgan fingerprint density at radius 3 is 2.73 bits per heavy atom. The maximum atomic E-state index is 4.29. The fourth-order valence-corrected chi connectivity index (χ4v) is 1.29. The monoisotopic (exact) mass is 156 g/mol. The van der Waals surface area contributed by atoms with Crippen LogP contribution in [-0.2, 0) is 0 Å². The summed E-state index contributed by atoms with van der Waals surface area (Å²) in [5, 5.41) is 7.62. The van der Waals surface area contributed by atoms with E-state index in [4.69, 9.17) is 0 Å². The van der Waals surface area contributed by atoms with Gasteiger partial charge in [-0.05, 0) is 6.54 Å². The average molecular weight is 156 g/mol. The standard InChI is InChI=1S/C8H18N3/c1-2-9-3-6-11-7-4-10-5-8-11/h9H,2-8H2,1H3. The third-order valence-corrected chi connectivity index (χ3v) is 2.00. The Labute approximate surface area is 69.1 Å². The van der Waals surface area contributed by atoms with Gasteiger partial charge in [0, 0.05) is 39.3 Å². The van der Waals surface area contributed by atoms with Crippen LogP contribution in [-0.4, -0.2) is 50.7 Å². The van der Waals surface area contributed by atoms with E-state index < -0.39 is 0 Å². The predicted molar refractivity (Wildman–Crippen MR) is 46.9 cm³/mol. The predicted octanol–water partition coefficient (Wildman–Crippen LogP) is -0.484. The second kappa shape index (κ2) is 5.52. The number of hydrogen-bond acceptors (Lipinski definition) is 2. The number of nitrogens with zero attached hydrogens (tertiary/aromatic N) is 2. The van der Waals surface area contributed by atoms with Crippen LogP contribution < -0.4 is 10.6 Å². The SMILES string of the molecule is CCNCCN1CC[N]CC1. The van der Waals surface area contributed by atoms with Gasteiger partial charge in [-0.25, -0.2) is 5.32 Å². The van der Waals surface area contributed by atoms with E-state index in [9.17, 15) is 0 Å². The smallest absolute Gasteiger partial charge is 0.0261 e. The molecule has 1 saturated heterocycles. The van der Waals surface area contributed by atoms with Crippen LogP contribution in [0.1, 0.15) is 6.92 Å². The molecule has 0 spiro atoms. The van der Waals surface area contributed by atoms with E-state index >= 15 is 0 Å². The molecule has 1 fully saturated rings. The lowest BCUT2D eigenvalue weighted by atomic mass is 10.3. The van der Waals surface area contributed by atoms with E-state index in [2.05, 4.69) is 22.5 Å². The molecule has 1 rings (SSSR count). The molecule has 3 heteroatoms. The first-order valence-electron chi connectivity index (χ1n) is 4.50. The summed E-state index contributed by atoms with van der Waals surface area (Å²) < 4.78 is 0. The van der Waals surface area contributed by atoms with E-state index in [1.54, 1.807) is 0 Å². The van der Waals surface area contributed by atoms with Crippen molar-refractivity contribution in [1.82, 2.24) is 15.5 Å². The zero-order valence-corrected chi connectivity index (χ0v) is 7.34. The average Bonchev–Trinajstić information content (AvgIpc) is 2.07. The first kappa shape index (κ1) is 8.97. The second-order valence-electron chi connectivity index (χ2n) is 2.87. The Morgan fingerprint density at radius 2 is 2.09 bits per heavy atom. The molecule has 0 unspecified atom stereocenters. The van der Waals surface area contributed by atoms with Gasteiger partial charge in [-0.3, -0.25) is 4.90 Å². The lowest BCUT2D eigenvalue weighted by molar-refractivity contribution is 0.239. The first-order chi connectivity index (χ1) is 5.43. The molecule has 65 valence electrons. The minimum atomic E-state index is 1.03. The minimum absolute atomic E-state index is 1.03. The number of rotatable bonds is 4. The topological polar surface area (TPSA) is 29.4 Å². The van der Waals surface area contributed by atoms with Crippen molar-refractivity contribution in [3.8, 4) is 0 Å². The fourth-order valence-electron chi connectivity index (χ4n) is 1.29. The van der Waals surface area contributed by atoms with Gasteiger partial charge in [0.05, 0.1) is 0 Å². The van der Waals surface area contributed by atoms with E-state index in [0.29, 0.717) is 0 Å². The lowest BCUT2D eigenvalue weighted by Gasteiger charge is -2.26. The molecule has 1 aliphatic rings. The van der Waals surface area contributed by atoms with Crippen LogP contribution in [0.2, 0.25) is 0 Å². The summed E-state index contributed by atoms with van der Waals surface area (Å²) in [5.41, 5.74) is 0. The summed E-state index contributed by atoms with van der Waals surface area (Å²) in [6.45, 7) is 9.92. The molecule has 0 aromatic rings. The molecular weight excluding hydrogens is 138 g/mol. The summed E-state index contributed by atoms with van der Waals surface area (Å²) in [5.74, 6) is 0. The van der Waals surface area contributed by atoms with Crippen LogP contribution in [0.15, 0.2) is 0 Å². The molecule has 0 bridgehead atoms. The van der Waals surface area contributed by atoms with Crippen LogP contribution in [0, 0.1) is 0 Å². The van der Waals surface area contributed by atoms with Gasteiger partial charge in [-0.15, -0.1) is 0 Å². The van der Waals surface area contributed by atoms with Crippen LogP contribution in [0.25, 0.3) is 0 Å². The van der Waals surface area contributed by atoms with Crippen LogP contribution >= 0.6 is 0 Å². The molecule has 1 heterocycles. The van der Waals surface area contributed by atoms with Gasteiger partial charge in [0.2, 0.25) is 0 Å². The van der Waals surface area contributed by atoms with Crippen LogP contribution in [0.3, 0.4) is 0 Å². The molecule has 0 atom stereocenters. The Hall–Kier alpha value is -0.120. The number of likely N-dealkylation sites (N-methyl/N-ethyl adjacent to an activating group) is 1. The van der Waals surface area contributed by atoms with Gasteiger partial charge < -0.3 is 5.32 Å². The highest BCUT2D eigenvalue weighted by molar-refractivity contribution is 4.67. The number of nitrogens with one attached hydrogen (secondary N) is 1. The Balaban J connectivity index is 1.96. The number of hydrogen-bond donors (Lipinski definition) is 1. The van der Waals surface area contributed by atoms with Crippen molar-refractivity contribution in [3.63, 3.8) is 0 Å². The first-order valence-corrected chi connectivity index (χ1v) is 4.50. The summed E-state index contributed by atoms with van der Waals surface area (Å²) in [6.07, 6.45) is 0. The van der Waals surface area contributed by atoms with Crippen molar-refractivity contribution in [1.29, 1.82) is 0 Å². The van der Waals surface area contributed by atoms with Crippen molar-refractivity contribution in [2.45, 2.75) is 6.92 Å². The molecule has 0 aromatic carbocycles. The maximum absolute atomic E-state index is 4.29. The van der Waals surface area contributed by atoms with E-state index in [0.717, 1.165) is 39.3 Å². The van der Waals surface area contributed by atoms with Crippen molar-refractivity contribution < 1.29 is 0 Å². The fraction of sp³-hybridized carbons (Fsp3) is 1.00. The molecular formula is C8H18N3. The Bertz CT molecular complexity index is 89.3. The van der Waals surface area contributed by atoms with E-state index in [1.807, 2.05) is 0 Å². The summed E-state index contributed by atoms with van der Waals surface area (Å²) in [6, 6.07) is 0. The largest absolute Gasteiger partial charge is 0.316 e. The van der Waals surface area contributed by atoms with Gasteiger partial charge in [0.1, 0.15) is 0 Å². The minimum Gasteiger partial charge on any atom is -0.316 e. The Morgan fingerprint density at radius 1 is 1.36 bits per heavy atom. The third kappa shape index (κ3) is 3.70. The summed E-state index contributed by atoms with van der Waals surface area (Å²) in [4.78, 5) is 2.47. The maximum Gasteiger partial charge on any atom is 0.0261 e. The molecule has 11 heavy (non-hydrogen) atoms. The van der Waals surface area contributed by atoms with Gasteiger partial charge >= 0.3 is 0 Å². The molecule has 0 amide bonds. The van der Waals surface area contributed by atoms with Crippen molar-refractivity contribution in [2.75, 3.05) is 45.8 Å². The van der Waals surface area contributed by atoms with E-state index in [1.165, 1.54) is 6.54 Å². The highest BCUT2D eigenvalue weighted by atomic mass is 15.2. The molecule has 3 nitrogen and oxygen atoms in total. The molecule has 0 aliphatic carbocycles. The molecule has 1 radical (unpaired) electrons. The highest BCUT2D eigenvalue weighted by Crippen LogP contribution is 1.90. The zero-order chi connectivity index (χ0) is 7.94. The molecule has 1 aliphatic heterocycles. The van der Waals surface area contributed by atoms with Crippen molar-refractivity contribution in [2.24, 2.45) is 0 Å². The molecule has 1 N–H and O–H groups in total. The number of piperazine rings is 1. The van der Waals surface area contributed by atoms with Gasteiger partial charge in [-0.2, -0.15) is 0 Å². The Kier molecular flexibility index (Phi) is 4.50. The van der Waals surface area contributed by atoms with Crippen LogP contribution in [0.4, 0.5) is 0 Å². The third-order valence-electron chi connectivity index (χ3n) is 2.00. The van der Waals surface area contributed by atoms with Gasteiger partial charge in [-0.1, -0.05) is 6.92 Å². The van der Waals surface area contributed by atoms with Crippen molar-refractivity contribution in [3.05, 3.63) is 0 Å². The molecule has 0 saturated carbocycles. The molecule has 0 aromatic heterocycles.